The van der Waals surface area contributed by atoms with Crippen LogP contribution in [-0.2, 0) is 0 Å². The lowest BCUT2D eigenvalue weighted by molar-refractivity contribution is 0.438. The third-order valence-corrected chi connectivity index (χ3v) is 1.97. The third kappa shape index (κ3) is 7.39. The Hall–Kier alpha value is -0.510. The van der Waals surface area contributed by atoms with Gasteiger partial charge in [-0.15, -0.1) is 0 Å². The molecule has 0 aromatic rings. The second-order valence-corrected chi connectivity index (χ2v) is 3.75. The molecule has 0 aliphatic heterocycles. The number of nitrogens with zero attached hydrogens (tertiary/aromatic N) is 1. The Labute approximate surface area is 70.6 Å². The van der Waals surface area contributed by atoms with Crippen LogP contribution in [0.3, 0.4) is 0 Å². The molecule has 0 aromatic carbocycles. The first kappa shape index (κ1) is 10.5. The summed E-state index contributed by atoms with van der Waals surface area (Å²) in [6.45, 7) is 14.1. The Bertz CT molecular complexity index is 121. The highest BCUT2D eigenvalue weighted by Gasteiger charge is 2.04. The molecule has 1 heteroatoms. The van der Waals surface area contributed by atoms with Gasteiger partial charge >= 0.3 is 0 Å². The minimum absolute atomic E-state index is 0.708. The van der Waals surface area contributed by atoms with Crippen LogP contribution in [0.1, 0.15) is 40.0 Å². The first-order valence-electron chi connectivity index (χ1n) is 4.50. The fourth-order valence-corrected chi connectivity index (χ4v) is 1.05. The van der Waals surface area contributed by atoms with Crippen molar-refractivity contribution in [3.05, 3.63) is 11.4 Å². The molecule has 0 saturated heterocycles. The average molecular weight is 153 g/mol. The van der Waals surface area contributed by atoms with Crippen LogP contribution >= 0.6 is 0 Å². The maximum atomic E-state index is 6.64. The van der Waals surface area contributed by atoms with E-state index in [-0.39, 0.29) is 0 Å². The van der Waals surface area contributed by atoms with Crippen LogP contribution in [0.15, 0.2) is 0 Å². The molecule has 1 nitrogen and oxygen atoms in total. The van der Waals surface area contributed by atoms with Crippen LogP contribution in [0.4, 0.5) is 0 Å². The summed E-state index contributed by atoms with van der Waals surface area (Å²) in [6.07, 6.45) is 3.67. The van der Waals surface area contributed by atoms with Gasteiger partial charge in [0.15, 0.2) is 0 Å². The molecule has 0 aromatic heterocycles. The van der Waals surface area contributed by atoms with E-state index in [1.807, 2.05) is 0 Å². The van der Waals surface area contributed by atoms with Crippen LogP contribution in [0.25, 0.3) is 4.85 Å². The maximum Gasteiger partial charge on any atom is 0.214 e. The molecule has 64 valence electrons. The molecule has 0 bridgehead atoms. The van der Waals surface area contributed by atoms with E-state index in [2.05, 4.69) is 25.6 Å². The number of hydrogen-bond acceptors (Lipinski definition) is 0. The van der Waals surface area contributed by atoms with Crippen LogP contribution in [-0.4, -0.2) is 6.54 Å². The van der Waals surface area contributed by atoms with Gasteiger partial charge in [-0.25, -0.2) is 6.57 Å². The van der Waals surface area contributed by atoms with Gasteiger partial charge < -0.3 is 4.85 Å². The summed E-state index contributed by atoms with van der Waals surface area (Å²) in [5, 5.41) is 0. The molecule has 1 atom stereocenters. The van der Waals surface area contributed by atoms with Crippen LogP contribution in [0.5, 0.6) is 0 Å². The van der Waals surface area contributed by atoms with E-state index >= 15 is 0 Å². The summed E-state index contributed by atoms with van der Waals surface area (Å²) < 4.78 is 0. The minimum atomic E-state index is 0.708. The summed E-state index contributed by atoms with van der Waals surface area (Å²) in [6, 6.07) is 0. The molecule has 0 aliphatic carbocycles. The van der Waals surface area contributed by atoms with Crippen molar-refractivity contribution in [2.45, 2.75) is 40.0 Å². The lowest BCUT2D eigenvalue weighted by Crippen LogP contribution is -1.98. The largest absolute Gasteiger partial charge is 0.317 e. The minimum Gasteiger partial charge on any atom is -0.317 e. The van der Waals surface area contributed by atoms with Crippen LogP contribution < -0.4 is 0 Å². The Balaban J connectivity index is 3.23. The van der Waals surface area contributed by atoms with Crippen molar-refractivity contribution in [1.82, 2.24) is 0 Å². The summed E-state index contributed by atoms with van der Waals surface area (Å²) in [5.74, 6) is 1.55. The SMILES string of the molecule is [C-]#[N+]CCC(C)CCC(C)C. The summed E-state index contributed by atoms with van der Waals surface area (Å²) in [7, 11) is 0. The van der Waals surface area contributed by atoms with Crippen molar-refractivity contribution < 1.29 is 0 Å². The first-order chi connectivity index (χ1) is 5.16. The highest BCUT2D eigenvalue weighted by atomic mass is 14.6. The predicted molar refractivity (Wildman–Crippen MR) is 49.3 cm³/mol. The van der Waals surface area contributed by atoms with Gasteiger partial charge in [-0.1, -0.05) is 33.6 Å². The van der Waals surface area contributed by atoms with Crippen molar-refractivity contribution in [2.24, 2.45) is 11.8 Å². The third-order valence-electron chi connectivity index (χ3n) is 1.97. The summed E-state index contributed by atoms with van der Waals surface area (Å²) in [4.78, 5) is 3.35. The van der Waals surface area contributed by atoms with Crippen molar-refractivity contribution in [1.29, 1.82) is 0 Å². The predicted octanol–water partition coefficient (Wildman–Crippen LogP) is 3.37. The molecule has 0 amide bonds. The second-order valence-electron chi connectivity index (χ2n) is 3.75. The molecule has 0 spiro atoms. The van der Waals surface area contributed by atoms with Gasteiger partial charge in [0.1, 0.15) is 0 Å². The van der Waals surface area contributed by atoms with E-state index in [4.69, 9.17) is 6.57 Å². The van der Waals surface area contributed by atoms with Gasteiger partial charge in [-0.3, -0.25) is 0 Å². The topological polar surface area (TPSA) is 4.36 Å². The Morgan fingerprint density at radius 3 is 2.18 bits per heavy atom. The zero-order chi connectivity index (χ0) is 8.69. The molecule has 0 saturated carbocycles. The average Bonchev–Trinajstić information content (AvgIpc) is 1.97. The molecule has 1 unspecified atom stereocenters. The van der Waals surface area contributed by atoms with Crippen molar-refractivity contribution >= 4 is 0 Å². The Kier molecular flexibility index (Phi) is 5.93. The van der Waals surface area contributed by atoms with Gasteiger partial charge in [0.2, 0.25) is 6.54 Å². The van der Waals surface area contributed by atoms with Crippen LogP contribution in [0, 0.1) is 18.4 Å². The highest BCUT2D eigenvalue weighted by Crippen LogP contribution is 2.14. The lowest BCUT2D eigenvalue weighted by atomic mass is 9.97. The molecular weight excluding hydrogens is 134 g/mol. The Morgan fingerprint density at radius 1 is 1.09 bits per heavy atom. The Morgan fingerprint density at radius 2 is 1.73 bits per heavy atom. The monoisotopic (exact) mass is 153 g/mol. The van der Waals surface area contributed by atoms with Crippen molar-refractivity contribution in [3.8, 4) is 0 Å². The van der Waals surface area contributed by atoms with Crippen LogP contribution in [0.2, 0.25) is 0 Å². The van der Waals surface area contributed by atoms with Gasteiger partial charge in [0, 0.05) is 6.42 Å². The van der Waals surface area contributed by atoms with E-state index in [1.165, 1.54) is 12.8 Å². The number of hydrogen-bond donors (Lipinski definition) is 0. The highest BCUT2D eigenvalue weighted by molar-refractivity contribution is 4.63. The second kappa shape index (κ2) is 6.22. The normalized spacial score (nSPS) is 13.0. The quantitative estimate of drug-likeness (QED) is 0.533. The van der Waals surface area contributed by atoms with Crippen molar-refractivity contribution in [2.75, 3.05) is 6.54 Å². The molecule has 0 radical (unpaired) electrons. The lowest BCUT2D eigenvalue weighted by Gasteiger charge is -2.09. The summed E-state index contributed by atoms with van der Waals surface area (Å²) >= 11 is 0. The zero-order valence-corrected chi connectivity index (χ0v) is 7.93. The fraction of sp³-hybridized carbons (Fsp3) is 0.900. The summed E-state index contributed by atoms with van der Waals surface area (Å²) in [5.41, 5.74) is 0. The molecule has 0 fully saturated rings. The van der Waals surface area contributed by atoms with Gasteiger partial charge in [0.25, 0.3) is 0 Å². The molecule has 0 rings (SSSR count). The molecule has 0 heterocycles. The molecule has 0 aliphatic rings. The molecule has 11 heavy (non-hydrogen) atoms. The van der Waals surface area contributed by atoms with E-state index < -0.39 is 0 Å². The van der Waals surface area contributed by atoms with E-state index in [0.29, 0.717) is 6.54 Å². The maximum absolute atomic E-state index is 6.64. The smallest absolute Gasteiger partial charge is 0.214 e. The van der Waals surface area contributed by atoms with E-state index in [9.17, 15) is 0 Å². The van der Waals surface area contributed by atoms with Gasteiger partial charge in [-0.05, 0) is 11.8 Å². The fourth-order valence-electron chi connectivity index (χ4n) is 1.05. The first-order valence-corrected chi connectivity index (χ1v) is 4.50. The van der Waals surface area contributed by atoms with Gasteiger partial charge in [0.05, 0.1) is 0 Å². The van der Waals surface area contributed by atoms with Gasteiger partial charge in [-0.2, -0.15) is 0 Å². The molecular formula is C10H19N. The van der Waals surface area contributed by atoms with Crippen molar-refractivity contribution in [3.63, 3.8) is 0 Å². The zero-order valence-electron chi connectivity index (χ0n) is 7.93. The van der Waals surface area contributed by atoms with E-state index in [0.717, 1.165) is 18.3 Å². The number of rotatable bonds is 5. The molecule has 0 N–H and O–H groups in total. The standard InChI is InChI=1S/C10H19N/c1-9(2)5-6-10(3)7-8-11-4/h9-10H,5-8H2,1-3H3. The van der Waals surface area contributed by atoms with E-state index in [1.54, 1.807) is 0 Å².